The molecule has 0 aromatic heterocycles. The van der Waals surface area contributed by atoms with Gasteiger partial charge in [-0.05, 0) is 37.3 Å². The highest BCUT2D eigenvalue weighted by Gasteiger charge is 2.05. The van der Waals surface area contributed by atoms with Crippen LogP contribution in [0.4, 0.5) is 0 Å². The zero-order valence-corrected chi connectivity index (χ0v) is 9.52. The lowest BCUT2D eigenvalue weighted by Gasteiger charge is -2.10. The Labute approximate surface area is 95.7 Å². The molecule has 0 aliphatic carbocycles. The minimum Gasteiger partial charge on any atom is -0.481 e. The number of aryl methyl sites for hydroxylation is 1. The molecule has 3 nitrogen and oxygen atoms in total. The van der Waals surface area contributed by atoms with E-state index in [1.165, 1.54) is 0 Å². The summed E-state index contributed by atoms with van der Waals surface area (Å²) < 4.78 is 0. The number of carboxylic acid groups (broad SMARTS) is 1. The van der Waals surface area contributed by atoms with Gasteiger partial charge < -0.3 is 10.2 Å². The Kier molecular flexibility index (Phi) is 4.99. The maximum Gasteiger partial charge on any atom is 0.303 e. The summed E-state index contributed by atoms with van der Waals surface area (Å²) in [7, 11) is 0. The largest absolute Gasteiger partial charge is 0.481 e. The van der Waals surface area contributed by atoms with E-state index in [9.17, 15) is 9.90 Å². The minimum absolute atomic E-state index is 0.197. The fourth-order valence-corrected chi connectivity index (χ4v) is 1.75. The van der Waals surface area contributed by atoms with Gasteiger partial charge in [0.1, 0.15) is 0 Å². The number of benzene rings is 1. The maximum absolute atomic E-state index is 10.4. The fourth-order valence-electron chi connectivity index (χ4n) is 1.75. The quantitative estimate of drug-likeness (QED) is 0.774. The number of aliphatic hydroxyl groups excluding tert-OH is 1. The number of rotatable bonds is 6. The van der Waals surface area contributed by atoms with Crippen LogP contribution in [0.3, 0.4) is 0 Å². The van der Waals surface area contributed by atoms with Crippen molar-refractivity contribution in [3.63, 3.8) is 0 Å². The molecule has 0 saturated heterocycles. The second-order valence-corrected chi connectivity index (χ2v) is 4.07. The van der Waals surface area contributed by atoms with Crippen LogP contribution in [0.15, 0.2) is 24.3 Å². The summed E-state index contributed by atoms with van der Waals surface area (Å²) in [5, 5.41) is 17.9. The van der Waals surface area contributed by atoms with Crippen molar-refractivity contribution in [1.82, 2.24) is 0 Å². The molecule has 0 fully saturated rings. The van der Waals surface area contributed by atoms with Gasteiger partial charge in [-0.25, -0.2) is 0 Å². The SMILES string of the molecule is CC(O)Cc1ccccc1CCCC(=O)O. The second kappa shape index (κ2) is 6.28. The van der Waals surface area contributed by atoms with E-state index in [0.717, 1.165) is 17.5 Å². The minimum atomic E-state index is -0.756. The van der Waals surface area contributed by atoms with E-state index in [4.69, 9.17) is 5.11 Å². The smallest absolute Gasteiger partial charge is 0.303 e. The predicted octanol–water partition coefficient (Wildman–Crippen LogP) is 2.02. The zero-order chi connectivity index (χ0) is 12.0. The Bertz CT molecular complexity index is 345. The Morgan fingerprint density at radius 2 is 1.94 bits per heavy atom. The number of hydrogen-bond acceptors (Lipinski definition) is 2. The first-order valence-corrected chi connectivity index (χ1v) is 5.56. The lowest BCUT2D eigenvalue weighted by Crippen LogP contribution is -2.07. The molecule has 1 aromatic rings. The van der Waals surface area contributed by atoms with Gasteiger partial charge in [0.15, 0.2) is 0 Å². The maximum atomic E-state index is 10.4. The molecule has 16 heavy (non-hydrogen) atoms. The summed E-state index contributed by atoms with van der Waals surface area (Å²) in [5.41, 5.74) is 2.26. The Hall–Kier alpha value is -1.35. The van der Waals surface area contributed by atoms with E-state index < -0.39 is 5.97 Å². The molecular formula is C13H18O3. The summed E-state index contributed by atoms with van der Waals surface area (Å²) in [6.07, 6.45) is 1.87. The van der Waals surface area contributed by atoms with Crippen molar-refractivity contribution in [2.45, 2.75) is 38.7 Å². The van der Waals surface area contributed by atoms with Crippen molar-refractivity contribution in [2.75, 3.05) is 0 Å². The van der Waals surface area contributed by atoms with Crippen LogP contribution in [0, 0.1) is 0 Å². The average molecular weight is 222 g/mol. The molecule has 0 heterocycles. The molecule has 0 saturated carbocycles. The van der Waals surface area contributed by atoms with Gasteiger partial charge in [0.05, 0.1) is 6.10 Å². The van der Waals surface area contributed by atoms with Crippen molar-refractivity contribution in [2.24, 2.45) is 0 Å². The first-order valence-electron chi connectivity index (χ1n) is 5.56. The first kappa shape index (κ1) is 12.7. The van der Waals surface area contributed by atoms with E-state index in [1.807, 2.05) is 24.3 Å². The van der Waals surface area contributed by atoms with Crippen LogP contribution in [0.25, 0.3) is 0 Å². The fraction of sp³-hybridized carbons (Fsp3) is 0.462. The molecular weight excluding hydrogens is 204 g/mol. The summed E-state index contributed by atoms with van der Waals surface area (Å²) in [6.45, 7) is 1.76. The molecule has 1 unspecified atom stereocenters. The Balaban J connectivity index is 2.60. The van der Waals surface area contributed by atoms with Gasteiger partial charge in [-0.1, -0.05) is 24.3 Å². The van der Waals surface area contributed by atoms with Gasteiger partial charge >= 0.3 is 5.97 Å². The number of hydrogen-bond donors (Lipinski definition) is 2. The third kappa shape index (κ3) is 4.45. The van der Waals surface area contributed by atoms with Crippen LogP contribution in [0.5, 0.6) is 0 Å². The normalized spacial score (nSPS) is 12.4. The van der Waals surface area contributed by atoms with Gasteiger partial charge in [0.25, 0.3) is 0 Å². The highest BCUT2D eigenvalue weighted by Crippen LogP contribution is 2.14. The molecule has 1 aromatic carbocycles. The number of carbonyl (C=O) groups is 1. The van der Waals surface area contributed by atoms with Crippen LogP contribution in [0.1, 0.15) is 30.9 Å². The van der Waals surface area contributed by atoms with E-state index in [-0.39, 0.29) is 12.5 Å². The highest BCUT2D eigenvalue weighted by atomic mass is 16.4. The van der Waals surface area contributed by atoms with Crippen LogP contribution < -0.4 is 0 Å². The summed E-state index contributed by atoms with van der Waals surface area (Å²) in [5.74, 6) is -0.756. The van der Waals surface area contributed by atoms with Crippen molar-refractivity contribution >= 4 is 5.97 Å². The van der Waals surface area contributed by atoms with E-state index in [2.05, 4.69) is 0 Å². The van der Waals surface area contributed by atoms with Gasteiger partial charge in [-0.2, -0.15) is 0 Å². The Morgan fingerprint density at radius 1 is 1.31 bits per heavy atom. The second-order valence-electron chi connectivity index (χ2n) is 4.07. The van der Waals surface area contributed by atoms with Crippen LogP contribution >= 0.6 is 0 Å². The van der Waals surface area contributed by atoms with Gasteiger partial charge in [0, 0.05) is 6.42 Å². The molecule has 1 atom stereocenters. The molecule has 88 valence electrons. The van der Waals surface area contributed by atoms with Crippen LogP contribution in [-0.4, -0.2) is 22.3 Å². The van der Waals surface area contributed by atoms with Crippen LogP contribution in [-0.2, 0) is 17.6 Å². The molecule has 0 aliphatic rings. The number of carboxylic acids is 1. The number of aliphatic carboxylic acids is 1. The van der Waals surface area contributed by atoms with Crippen molar-refractivity contribution in [1.29, 1.82) is 0 Å². The first-order chi connectivity index (χ1) is 7.59. The van der Waals surface area contributed by atoms with Crippen molar-refractivity contribution in [3.8, 4) is 0 Å². The third-order valence-corrected chi connectivity index (χ3v) is 2.47. The Morgan fingerprint density at radius 3 is 2.50 bits per heavy atom. The average Bonchev–Trinajstić information content (AvgIpc) is 2.19. The third-order valence-electron chi connectivity index (χ3n) is 2.47. The molecule has 0 amide bonds. The summed E-state index contributed by atoms with van der Waals surface area (Å²) in [4.78, 5) is 10.4. The number of aliphatic hydroxyl groups is 1. The monoisotopic (exact) mass is 222 g/mol. The van der Waals surface area contributed by atoms with Gasteiger partial charge in [-0.3, -0.25) is 4.79 Å². The van der Waals surface area contributed by atoms with Crippen molar-refractivity contribution < 1.29 is 15.0 Å². The highest BCUT2D eigenvalue weighted by molar-refractivity contribution is 5.66. The van der Waals surface area contributed by atoms with Gasteiger partial charge in [-0.15, -0.1) is 0 Å². The molecule has 3 heteroatoms. The molecule has 2 N–H and O–H groups in total. The molecule has 0 radical (unpaired) electrons. The van der Waals surface area contributed by atoms with E-state index in [1.54, 1.807) is 6.92 Å². The lowest BCUT2D eigenvalue weighted by molar-refractivity contribution is -0.137. The molecule has 0 bridgehead atoms. The zero-order valence-electron chi connectivity index (χ0n) is 9.52. The molecule has 0 aliphatic heterocycles. The lowest BCUT2D eigenvalue weighted by atomic mass is 9.98. The van der Waals surface area contributed by atoms with E-state index >= 15 is 0 Å². The van der Waals surface area contributed by atoms with Gasteiger partial charge in [0.2, 0.25) is 0 Å². The standard InChI is InChI=1S/C13H18O3/c1-10(14)9-12-6-3-2-5-11(12)7-4-8-13(15)16/h2-3,5-6,10,14H,4,7-9H2,1H3,(H,15,16). The predicted molar refractivity (Wildman–Crippen MR) is 62.4 cm³/mol. The topological polar surface area (TPSA) is 57.5 Å². The summed E-state index contributed by atoms with van der Waals surface area (Å²) >= 11 is 0. The summed E-state index contributed by atoms with van der Waals surface area (Å²) in [6, 6.07) is 7.88. The van der Waals surface area contributed by atoms with E-state index in [0.29, 0.717) is 12.8 Å². The molecule has 1 rings (SSSR count). The van der Waals surface area contributed by atoms with Crippen molar-refractivity contribution in [3.05, 3.63) is 35.4 Å². The van der Waals surface area contributed by atoms with Crippen LogP contribution in [0.2, 0.25) is 0 Å². The molecule has 0 spiro atoms.